The van der Waals surface area contributed by atoms with Gasteiger partial charge in [0.25, 0.3) is 0 Å². The predicted octanol–water partition coefficient (Wildman–Crippen LogP) is 3.69. The van der Waals surface area contributed by atoms with Crippen molar-refractivity contribution in [3.8, 4) is 0 Å². The summed E-state index contributed by atoms with van der Waals surface area (Å²) >= 11 is 0. The lowest BCUT2D eigenvalue weighted by atomic mass is 9.98. The number of aryl methyl sites for hydroxylation is 2. The zero-order valence-electron chi connectivity index (χ0n) is 12.8. The maximum atomic E-state index is 4.47. The second-order valence-electron chi connectivity index (χ2n) is 5.22. The third-order valence-corrected chi connectivity index (χ3v) is 3.58. The Bertz CT molecular complexity index is 531. The molecular weight excluding hydrogens is 246 g/mol. The molecule has 0 radical (unpaired) electrons. The lowest BCUT2D eigenvalue weighted by molar-refractivity contribution is 0.510. The molecule has 108 valence electrons. The summed E-state index contributed by atoms with van der Waals surface area (Å²) in [5.41, 5.74) is 3.93. The normalized spacial score (nSPS) is 12.6. The Balaban J connectivity index is 2.37. The summed E-state index contributed by atoms with van der Waals surface area (Å²) in [5, 5.41) is 8.13. The smallest absolute Gasteiger partial charge is 0.0750 e. The lowest BCUT2D eigenvalue weighted by Gasteiger charge is -2.22. The van der Waals surface area contributed by atoms with Crippen molar-refractivity contribution in [1.82, 2.24) is 15.1 Å². The molecule has 2 aromatic rings. The number of hydrogen-bond donors (Lipinski definition) is 1. The van der Waals surface area contributed by atoms with Gasteiger partial charge in [-0.05, 0) is 43.5 Å². The first-order valence-electron chi connectivity index (χ1n) is 7.58. The Morgan fingerprint density at radius 3 is 2.65 bits per heavy atom. The summed E-state index contributed by atoms with van der Waals surface area (Å²) in [7, 11) is 0. The second kappa shape index (κ2) is 7.25. The van der Waals surface area contributed by atoms with Crippen molar-refractivity contribution >= 4 is 0 Å². The van der Waals surface area contributed by atoms with Gasteiger partial charge in [-0.3, -0.25) is 4.68 Å². The molecule has 1 heterocycles. The monoisotopic (exact) mass is 271 g/mol. The molecule has 20 heavy (non-hydrogen) atoms. The van der Waals surface area contributed by atoms with Crippen molar-refractivity contribution in [1.29, 1.82) is 0 Å². The standard InChI is InChI=1S/C17H25N3/c1-4-11-18-17(15-9-7-6-8-14(15)3)16-10-12-19-20(16)13-5-2/h6-10,12,17-18H,4-5,11,13H2,1-3H3. The van der Waals surface area contributed by atoms with Crippen LogP contribution in [0.15, 0.2) is 36.5 Å². The van der Waals surface area contributed by atoms with Gasteiger partial charge in [-0.1, -0.05) is 38.1 Å². The van der Waals surface area contributed by atoms with E-state index in [1.807, 2.05) is 6.20 Å². The van der Waals surface area contributed by atoms with E-state index in [2.05, 4.69) is 66.2 Å². The first kappa shape index (κ1) is 14.8. The van der Waals surface area contributed by atoms with Gasteiger partial charge in [-0.2, -0.15) is 5.10 Å². The summed E-state index contributed by atoms with van der Waals surface area (Å²) in [6.45, 7) is 8.55. The zero-order valence-corrected chi connectivity index (χ0v) is 12.8. The van der Waals surface area contributed by atoms with Gasteiger partial charge in [-0.25, -0.2) is 0 Å². The summed E-state index contributed by atoms with van der Waals surface area (Å²) in [4.78, 5) is 0. The molecule has 0 amide bonds. The minimum Gasteiger partial charge on any atom is -0.305 e. The predicted molar refractivity (Wildman–Crippen MR) is 83.8 cm³/mol. The average Bonchev–Trinajstić information content (AvgIpc) is 2.90. The minimum atomic E-state index is 0.227. The van der Waals surface area contributed by atoms with E-state index in [0.717, 1.165) is 25.9 Å². The van der Waals surface area contributed by atoms with Crippen LogP contribution < -0.4 is 5.32 Å². The highest BCUT2D eigenvalue weighted by atomic mass is 15.3. The molecule has 0 saturated heterocycles. The number of rotatable bonds is 7. The molecule has 0 aliphatic carbocycles. The van der Waals surface area contributed by atoms with Gasteiger partial charge in [0.1, 0.15) is 0 Å². The van der Waals surface area contributed by atoms with Crippen molar-refractivity contribution in [3.63, 3.8) is 0 Å². The molecule has 0 saturated carbocycles. The summed E-state index contributed by atoms with van der Waals surface area (Å²) in [6, 6.07) is 11.0. The van der Waals surface area contributed by atoms with E-state index in [4.69, 9.17) is 0 Å². The minimum absolute atomic E-state index is 0.227. The van der Waals surface area contributed by atoms with Crippen LogP contribution in [0.4, 0.5) is 0 Å². The fourth-order valence-corrected chi connectivity index (χ4v) is 2.56. The molecule has 3 nitrogen and oxygen atoms in total. The first-order chi connectivity index (χ1) is 9.77. The van der Waals surface area contributed by atoms with Crippen molar-refractivity contribution in [3.05, 3.63) is 53.3 Å². The van der Waals surface area contributed by atoms with E-state index in [1.165, 1.54) is 16.8 Å². The maximum absolute atomic E-state index is 4.47. The van der Waals surface area contributed by atoms with Crippen LogP contribution in [0.5, 0.6) is 0 Å². The highest BCUT2D eigenvalue weighted by Gasteiger charge is 2.18. The molecule has 0 aliphatic heterocycles. The van der Waals surface area contributed by atoms with E-state index in [1.54, 1.807) is 0 Å². The molecule has 1 atom stereocenters. The Labute approximate surface area is 122 Å². The number of hydrogen-bond acceptors (Lipinski definition) is 2. The van der Waals surface area contributed by atoms with Crippen LogP contribution >= 0.6 is 0 Å². The third kappa shape index (κ3) is 3.28. The van der Waals surface area contributed by atoms with Crippen LogP contribution in [-0.4, -0.2) is 16.3 Å². The van der Waals surface area contributed by atoms with Crippen LogP contribution in [0.25, 0.3) is 0 Å². The first-order valence-corrected chi connectivity index (χ1v) is 7.58. The summed E-state index contributed by atoms with van der Waals surface area (Å²) in [6.07, 6.45) is 4.14. The van der Waals surface area contributed by atoms with Crippen LogP contribution in [0.1, 0.15) is 49.6 Å². The zero-order chi connectivity index (χ0) is 14.4. The SMILES string of the molecule is CCCNC(c1ccccc1C)c1ccnn1CCC. The van der Waals surface area contributed by atoms with E-state index in [0.29, 0.717) is 0 Å². The Morgan fingerprint density at radius 2 is 1.95 bits per heavy atom. The number of nitrogens with one attached hydrogen (secondary N) is 1. The van der Waals surface area contributed by atoms with Gasteiger partial charge in [0, 0.05) is 12.7 Å². The fourth-order valence-electron chi connectivity index (χ4n) is 2.56. The highest BCUT2D eigenvalue weighted by Crippen LogP contribution is 2.24. The van der Waals surface area contributed by atoms with Crippen LogP contribution in [0.2, 0.25) is 0 Å². The number of nitrogens with zero attached hydrogens (tertiary/aromatic N) is 2. The highest BCUT2D eigenvalue weighted by molar-refractivity contribution is 5.34. The summed E-state index contributed by atoms with van der Waals surface area (Å²) in [5.74, 6) is 0. The lowest BCUT2D eigenvalue weighted by Crippen LogP contribution is -2.26. The van der Waals surface area contributed by atoms with Crippen molar-refractivity contribution in [2.75, 3.05) is 6.54 Å². The number of benzene rings is 1. The van der Waals surface area contributed by atoms with Crippen molar-refractivity contribution < 1.29 is 0 Å². The Kier molecular flexibility index (Phi) is 5.36. The van der Waals surface area contributed by atoms with Gasteiger partial charge in [0.15, 0.2) is 0 Å². The van der Waals surface area contributed by atoms with E-state index < -0.39 is 0 Å². The molecule has 1 aromatic carbocycles. The Morgan fingerprint density at radius 1 is 1.15 bits per heavy atom. The largest absolute Gasteiger partial charge is 0.305 e. The van der Waals surface area contributed by atoms with Gasteiger partial charge in [0.2, 0.25) is 0 Å². The molecule has 0 fully saturated rings. The van der Waals surface area contributed by atoms with Crippen LogP contribution in [0.3, 0.4) is 0 Å². The molecule has 0 bridgehead atoms. The Hall–Kier alpha value is -1.61. The molecule has 1 N–H and O–H groups in total. The van der Waals surface area contributed by atoms with Crippen molar-refractivity contribution in [2.24, 2.45) is 0 Å². The molecule has 0 aliphatic rings. The van der Waals surface area contributed by atoms with Gasteiger partial charge in [0.05, 0.1) is 11.7 Å². The van der Waals surface area contributed by atoms with Crippen LogP contribution in [0, 0.1) is 6.92 Å². The second-order valence-corrected chi connectivity index (χ2v) is 5.22. The summed E-state index contributed by atoms with van der Waals surface area (Å²) < 4.78 is 2.12. The van der Waals surface area contributed by atoms with E-state index >= 15 is 0 Å². The topological polar surface area (TPSA) is 29.9 Å². The maximum Gasteiger partial charge on any atom is 0.0750 e. The van der Waals surface area contributed by atoms with Crippen LogP contribution in [-0.2, 0) is 6.54 Å². The third-order valence-electron chi connectivity index (χ3n) is 3.58. The quantitative estimate of drug-likeness (QED) is 0.832. The molecule has 1 aromatic heterocycles. The molecule has 1 unspecified atom stereocenters. The molecule has 0 spiro atoms. The molecule has 2 rings (SSSR count). The molecule has 3 heteroatoms. The van der Waals surface area contributed by atoms with E-state index in [-0.39, 0.29) is 6.04 Å². The van der Waals surface area contributed by atoms with Gasteiger partial charge in [-0.15, -0.1) is 0 Å². The number of aromatic nitrogens is 2. The van der Waals surface area contributed by atoms with Crippen molar-refractivity contribution in [2.45, 2.75) is 46.2 Å². The van der Waals surface area contributed by atoms with Gasteiger partial charge < -0.3 is 5.32 Å². The fraction of sp³-hybridized carbons (Fsp3) is 0.471. The van der Waals surface area contributed by atoms with Gasteiger partial charge >= 0.3 is 0 Å². The molecular formula is C17H25N3. The average molecular weight is 271 g/mol. The van der Waals surface area contributed by atoms with E-state index in [9.17, 15) is 0 Å².